The molecule has 3 heterocycles. The zero-order valence-corrected chi connectivity index (χ0v) is 19.4. The third-order valence-electron chi connectivity index (χ3n) is 9.34. The number of piperazine rings is 1. The summed E-state index contributed by atoms with van der Waals surface area (Å²) in [6.07, 6.45) is 5.95. The van der Waals surface area contributed by atoms with Crippen LogP contribution in [0.5, 0.6) is 5.75 Å². The van der Waals surface area contributed by atoms with Crippen molar-refractivity contribution in [3.05, 3.63) is 24.3 Å². The molecule has 6 atom stereocenters. The van der Waals surface area contributed by atoms with Crippen LogP contribution in [-0.4, -0.2) is 69.0 Å². The van der Waals surface area contributed by atoms with Crippen molar-refractivity contribution in [3.63, 3.8) is 0 Å². The molecule has 174 valence electrons. The highest BCUT2D eigenvalue weighted by Crippen LogP contribution is 2.62. The number of benzene rings is 1. The third-order valence-corrected chi connectivity index (χ3v) is 9.34. The Hall–Kier alpha value is -1.79. The first kappa shape index (κ1) is 20.8. The van der Waals surface area contributed by atoms with E-state index in [2.05, 4.69) is 28.9 Å². The van der Waals surface area contributed by atoms with Crippen LogP contribution in [0.15, 0.2) is 24.3 Å². The molecule has 0 bridgehead atoms. The van der Waals surface area contributed by atoms with Crippen LogP contribution in [0.25, 0.3) is 0 Å². The van der Waals surface area contributed by atoms with E-state index in [0.717, 1.165) is 57.9 Å². The van der Waals surface area contributed by atoms with E-state index in [9.17, 15) is 4.79 Å². The standard InChI is InChI=1S/C26H36N2O4/c1-25-8-3-9-26(17-31-26)23(25)14-20-21(24(29)32-22(20)15-25)16-27-10-12-28(13-11-27)18-4-6-19(30-2)7-5-18/h4-7,20-23H,3,8-17H2,1-2H3/t20-,21-,22-,23-,25-,26+/m1/s1. The molecule has 3 saturated heterocycles. The quantitative estimate of drug-likeness (QED) is 0.529. The summed E-state index contributed by atoms with van der Waals surface area (Å²) in [6, 6.07) is 8.31. The van der Waals surface area contributed by atoms with Gasteiger partial charge in [-0.15, -0.1) is 0 Å². The highest BCUT2D eigenvalue weighted by atomic mass is 16.6. The van der Waals surface area contributed by atoms with Crippen LogP contribution in [0, 0.1) is 23.2 Å². The fourth-order valence-electron chi connectivity index (χ4n) is 7.43. The second kappa shape index (κ2) is 7.63. The predicted molar refractivity (Wildman–Crippen MR) is 122 cm³/mol. The van der Waals surface area contributed by atoms with Crippen LogP contribution in [0.2, 0.25) is 0 Å². The summed E-state index contributed by atoms with van der Waals surface area (Å²) in [5, 5.41) is 0. The van der Waals surface area contributed by atoms with E-state index in [0.29, 0.717) is 11.8 Å². The van der Waals surface area contributed by atoms with Gasteiger partial charge in [0, 0.05) is 44.3 Å². The molecule has 2 aliphatic carbocycles. The first-order valence-corrected chi connectivity index (χ1v) is 12.5. The fraction of sp³-hybridized carbons (Fsp3) is 0.731. The molecule has 1 aromatic carbocycles. The number of rotatable bonds is 4. The summed E-state index contributed by atoms with van der Waals surface area (Å²) in [5.41, 5.74) is 1.64. The molecule has 32 heavy (non-hydrogen) atoms. The Balaban J connectivity index is 1.10. The molecule has 1 spiro atoms. The van der Waals surface area contributed by atoms with E-state index >= 15 is 0 Å². The number of fused-ring (bicyclic) bond motifs is 3. The van der Waals surface area contributed by atoms with Crippen LogP contribution in [0.1, 0.15) is 39.0 Å². The molecule has 3 aliphatic heterocycles. The number of methoxy groups -OCH3 is 1. The molecular weight excluding hydrogens is 404 g/mol. The molecule has 2 saturated carbocycles. The number of ether oxygens (including phenoxy) is 3. The van der Waals surface area contributed by atoms with E-state index in [4.69, 9.17) is 14.2 Å². The molecule has 0 aromatic heterocycles. The van der Waals surface area contributed by atoms with Crippen molar-refractivity contribution in [3.8, 4) is 5.75 Å². The van der Waals surface area contributed by atoms with Crippen molar-refractivity contribution in [2.45, 2.75) is 50.7 Å². The number of hydrogen-bond acceptors (Lipinski definition) is 6. The maximum absolute atomic E-state index is 12.9. The van der Waals surface area contributed by atoms with Gasteiger partial charge in [0.25, 0.3) is 0 Å². The van der Waals surface area contributed by atoms with Gasteiger partial charge >= 0.3 is 5.97 Å². The summed E-state index contributed by atoms with van der Waals surface area (Å²) in [4.78, 5) is 17.8. The average Bonchev–Trinajstić information content (AvgIpc) is 3.51. The smallest absolute Gasteiger partial charge is 0.310 e. The lowest BCUT2D eigenvalue weighted by molar-refractivity contribution is -0.147. The van der Waals surface area contributed by atoms with E-state index < -0.39 is 0 Å². The number of esters is 1. The van der Waals surface area contributed by atoms with Crippen molar-refractivity contribution in [2.24, 2.45) is 23.2 Å². The van der Waals surface area contributed by atoms with Gasteiger partial charge in [0.05, 0.1) is 25.2 Å². The lowest BCUT2D eigenvalue weighted by atomic mass is 9.53. The summed E-state index contributed by atoms with van der Waals surface area (Å²) < 4.78 is 17.3. The van der Waals surface area contributed by atoms with Crippen LogP contribution in [0.4, 0.5) is 5.69 Å². The van der Waals surface area contributed by atoms with E-state index in [-0.39, 0.29) is 29.0 Å². The van der Waals surface area contributed by atoms with Gasteiger partial charge in [-0.2, -0.15) is 0 Å². The van der Waals surface area contributed by atoms with Gasteiger partial charge in [-0.3, -0.25) is 9.69 Å². The Kier molecular flexibility index (Phi) is 4.95. The topological polar surface area (TPSA) is 54.5 Å². The first-order valence-electron chi connectivity index (χ1n) is 12.5. The van der Waals surface area contributed by atoms with E-state index in [1.54, 1.807) is 7.11 Å². The van der Waals surface area contributed by atoms with Gasteiger partial charge in [0.15, 0.2) is 0 Å². The Morgan fingerprint density at radius 2 is 1.88 bits per heavy atom. The van der Waals surface area contributed by atoms with Crippen LogP contribution in [-0.2, 0) is 14.3 Å². The van der Waals surface area contributed by atoms with Crippen LogP contribution < -0.4 is 9.64 Å². The second-order valence-electron chi connectivity index (χ2n) is 11.1. The van der Waals surface area contributed by atoms with Gasteiger partial charge in [0.2, 0.25) is 0 Å². The molecular formula is C26H36N2O4. The van der Waals surface area contributed by atoms with Crippen molar-refractivity contribution in [2.75, 3.05) is 51.3 Å². The fourth-order valence-corrected chi connectivity index (χ4v) is 7.43. The monoisotopic (exact) mass is 440 g/mol. The van der Waals surface area contributed by atoms with Gasteiger partial charge in [0.1, 0.15) is 11.9 Å². The summed E-state index contributed by atoms with van der Waals surface area (Å²) in [7, 11) is 1.70. The van der Waals surface area contributed by atoms with Gasteiger partial charge in [-0.05, 0) is 67.7 Å². The Bertz CT molecular complexity index is 861. The summed E-state index contributed by atoms with van der Waals surface area (Å²) in [6.45, 7) is 8.14. The van der Waals surface area contributed by atoms with Gasteiger partial charge in [-0.1, -0.05) is 6.92 Å². The maximum Gasteiger partial charge on any atom is 0.310 e. The second-order valence-corrected chi connectivity index (χ2v) is 11.1. The minimum atomic E-state index is 0.0230. The minimum absolute atomic E-state index is 0.0230. The molecule has 0 radical (unpaired) electrons. The number of anilines is 1. The zero-order valence-electron chi connectivity index (χ0n) is 19.4. The SMILES string of the molecule is COc1ccc(N2CCN(C[C@H]3C(=O)O[C@@H]4C[C@@]5(C)CCC[C@]6(CO6)[C@@H]5C[C@@H]43)CC2)cc1. The lowest BCUT2D eigenvalue weighted by Crippen LogP contribution is -2.52. The molecule has 0 unspecified atom stereocenters. The molecule has 0 amide bonds. The summed E-state index contributed by atoms with van der Waals surface area (Å²) in [5.74, 6) is 1.91. The van der Waals surface area contributed by atoms with Crippen molar-refractivity contribution >= 4 is 11.7 Å². The molecule has 5 fully saturated rings. The lowest BCUT2D eigenvalue weighted by Gasteiger charge is -2.51. The highest BCUT2D eigenvalue weighted by molar-refractivity contribution is 5.75. The number of carbonyl (C=O) groups is 1. The van der Waals surface area contributed by atoms with Crippen molar-refractivity contribution < 1.29 is 19.0 Å². The van der Waals surface area contributed by atoms with Gasteiger partial charge < -0.3 is 19.1 Å². The predicted octanol–water partition coefficient (Wildman–Crippen LogP) is 3.34. The number of nitrogens with zero attached hydrogens (tertiary/aromatic N) is 2. The molecule has 1 aromatic rings. The number of epoxide rings is 1. The van der Waals surface area contributed by atoms with Crippen LogP contribution >= 0.6 is 0 Å². The van der Waals surface area contributed by atoms with Crippen molar-refractivity contribution in [1.82, 2.24) is 4.90 Å². The summed E-state index contributed by atoms with van der Waals surface area (Å²) >= 11 is 0. The van der Waals surface area contributed by atoms with Crippen molar-refractivity contribution in [1.29, 1.82) is 0 Å². The average molecular weight is 441 g/mol. The third kappa shape index (κ3) is 3.41. The van der Waals surface area contributed by atoms with Gasteiger partial charge in [-0.25, -0.2) is 0 Å². The molecule has 6 rings (SSSR count). The Morgan fingerprint density at radius 3 is 2.56 bits per heavy atom. The molecule has 6 nitrogen and oxygen atoms in total. The van der Waals surface area contributed by atoms with E-state index in [1.165, 1.54) is 24.9 Å². The Morgan fingerprint density at radius 1 is 1.12 bits per heavy atom. The largest absolute Gasteiger partial charge is 0.497 e. The number of carbonyl (C=O) groups excluding carboxylic acids is 1. The van der Waals surface area contributed by atoms with Crippen LogP contribution in [0.3, 0.4) is 0 Å². The highest BCUT2D eigenvalue weighted by Gasteiger charge is 2.65. The number of hydrogen-bond donors (Lipinski definition) is 0. The molecule has 5 aliphatic rings. The zero-order chi connectivity index (χ0) is 21.9. The molecule has 6 heteroatoms. The van der Waals surface area contributed by atoms with E-state index in [1.807, 2.05) is 12.1 Å². The normalized spacial score (nSPS) is 41.2. The minimum Gasteiger partial charge on any atom is -0.497 e. The maximum atomic E-state index is 12.9. The first-order chi connectivity index (χ1) is 15.5. The molecule has 0 N–H and O–H groups in total. The Labute approximate surface area is 191 Å².